The van der Waals surface area contributed by atoms with E-state index in [1.807, 2.05) is 6.20 Å². The van der Waals surface area contributed by atoms with Gasteiger partial charge in [-0.1, -0.05) is 0 Å². The maximum absolute atomic E-state index is 6.01. The topological polar surface area (TPSA) is 39.5 Å². The van der Waals surface area contributed by atoms with Crippen LogP contribution in [0.25, 0.3) is 0 Å². The Kier molecular flexibility index (Phi) is 5.27. The quantitative estimate of drug-likeness (QED) is 0.751. The van der Waals surface area contributed by atoms with Crippen LogP contribution >= 0.6 is 0 Å². The summed E-state index contributed by atoms with van der Waals surface area (Å²) in [6.07, 6.45) is 8.96. The van der Waals surface area contributed by atoms with Gasteiger partial charge in [0.2, 0.25) is 0 Å². The first-order chi connectivity index (χ1) is 10.3. The van der Waals surface area contributed by atoms with E-state index in [0.717, 1.165) is 52.3 Å². The highest BCUT2D eigenvalue weighted by Gasteiger charge is 2.22. The standard InChI is InChI=1S/C16H27N3O2/c1-18-8-3-15(4-9-18)21-11-2-7-19-10-6-17-16(19)14-5-12-20-13-14/h6,10,14-15H,2-5,7-9,11-13H2,1H3/t14-/m0/s1. The fourth-order valence-corrected chi connectivity index (χ4v) is 3.24. The Morgan fingerprint density at radius 2 is 2.19 bits per heavy atom. The molecule has 0 radical (unpaired) electrons. The molecule has 2 aliphatic heterocycles. The van der Waals surface area contributed by atoms with Gasteiger partial charge in [-0.15, -0.1) is 0 Å². The van der Waals surface area contributed by atoms with Crippen molar-refractivity contribution in [2.75, 3.05) is 40.0 Å². The number of hydrogen-bond donors (Lipinski definition) is 0. The summed E-state index contributed by atoms with van der Waals surface area (Å²) in [5.41, 5.74) is 0. The molecule has 21 heavy (non-hydrogen) atoms. The van der Waals surface area contributed by atoms with Crippen LogP contribution in [-0.2, 0) is 16.0 Å². The lowest BCUT2D eigenvalue weighted by Crippen LogP contribution is -2.34. The molecule has 0 aliphatic carbocycles. The first kappa shape index (κ1) is 15.0. The normalized spacial score (nSPS) is 24.7. The molecular weight excluding hydrogens is 266 g/mol. The van der Waals surface area contributed by atoms with Crippen molar-refractivity contribution < 1.29 is 9.47 Å². The number of likely N-dealkylation sites (tertiary alicyclic amines) is 1. The third kappa shape index (κ3) is 4.05. The summed E-state index contributed by atoms with van der Waals surface area (Å²) in [4.78, 5) is 6.89. The van der Waals surface area contributed by atoms with Gasteiger partial charge in [-0.25, -0.2) is 4.98 Å². The molecule has 0 aromatic carbocycles. The molecule has 5 heteroatoms. The van der Waals surface area contributed by atoms with Gasteiger partial charge in [0.1, 0.15) is 5.82 Å². The van der Waals surface area contributed by atoms with Crippen LogP contribution in [0.1, 0.15) is 37.4 Å². The molecule has 2 aliphatic rings. The highest BCUT2D eigenvalue weighted by Crippen LogP contribution is 2.23. The lowest BCUT2D eigenvalue weighted by atomic mass is 10.1. The van der Waals surface area contributed by atoms with E-state index in [-0.39, 0.29) is 0 Å². The Bertz CT molecular complexity index is 421. The van der Waals surface area contributed by atoms with E-state index in [9.17, 15) is 0 Å². The largest absolute Gasteiger partial charge is 0.381 e. The molecule has 0 amide bonds. The van der Waals surface area contributed by atoms with Gasteiger partial charge in [0, 0.05) is 51.2 Å². The maximum Gasteiger partial charge on any atom is 0.114 e. The molecule has 0 unspecified atom stereocenters. The fraction of sp³-hybridized carbons (Fsp3) is 0.812. The average Bonchev–Trinajstić information content (AvgIpc) is 3.16. The molecule has 5 nitrogen and oxygen atoms in total. The minimum Gasteiger partial charge on any atom is -0.381 e. The minimum atomic E-state index is 0.465. The van der Waals surface area contributed by atoms with Gasteiger partial charge in [0.15, 0.2) is 0 Å². The van der Waals surface area contributed by atoms with E-state index in [2.05, 4.69) is 27.7 Å². The molecule has 3 heterocycles. The SMILES string of the molecule is CN1CCC(OCCCn2ccnc2[C@H]2CCOC2)CC1. The number of rotatable bonds is 6. The Labute approximate surface area is 127 Å². The smallest absolute Gasteiger partial charge is 0.114 e. The average molecular weight is 293 g/mol. The number of hydrogen-bond acceptors (Lipinski definition) is 4. The monoisotopic (exact) mass is 293 g/mol. The summed E-state index contributed by atoms with van der Waals surface area (Å²) >= 11 is 0. The molecule has 1 aromatic rings. The Balaban J connectivity index is 1.38. The summed E-state index contributed by atoms with van der Waals surface area (Å²) in [6, 6.07) is 0. The van der Waals surface area contributed by atoms with E-state index in [1.165, 1.54) is 18.7 Å². The number of aryl methyl sites for hydroxylation is 1. The molecule has 0 N–H and O–H groups in total. The van der Waals surface area contributed by atoms with Crippen LogP contribution in [0.4, 0.5) is 0 Å². The number of piperidine rings is 1. The summed E-state index contributed by atoms with van der Waals surface area (Å²) in [6.45, 7) is 5.88. The van der Waals surface area contributed by atoms with Crippen LogP contribution in [-0.4, -0.2) is 60.5 Å². The lowest BCUT2D eigenvalue weighted by Gasteiger charge is -2.28. The molecule has 0 spiro atoms. The molecule has 3 rings (SSSR count). The van der Waals surface area contributed by atoms with E-state index in [4.69, 9.17) is 9.47 Å². The molecular formula is C16H27N3O2. The van der Waals surface area contributed by atoms with Crippen molar-refractivity contribution in [1.82, 2.24) is 14.5 Å². The zero-order valence-electron chi connectivity index (χ0n) is 13.0. The molecule has 0 bridgehead atoms. The number of imidazole rings is 1. The lowest BCUT2D eigenvalue weighted by molar-refractivity contribution is 0.0102. The van der Waals surface area contributed by atoms with Crippen LogP contribution in [0.3, 0.4) is 0 Å². The van der Waals surface area contributed by atoms with Crippen LogP contribution in [0, 0.1) is 0 Å². The summed E-state index contributed by atoms with van der Waals surface area (Å²) in [5, 5.41) is 0. The zero-order valence-corrected chi connectivity index (χ0v) is 13.0. The van der Waals surface area contributed by atoms with Crippen molar-refractivity contribution in [2.45, 2.75) is 44.2 Å². The van der Waals surface area contributed by atoms with Crippen LogP contribution in [0.2, 0.25) is 0 Å². The molecule has 0 saturated carbocycles. The maximum atomic E-state index is 6.01. The summed E-state index contributed by atoms with van der Waals surface area (Å²) < 4.78 is 13.8. The second kappa shape index (κ2) is 7.38. The Morgan fingerprint density at radius 1 is 1.33 bits per heavy atom. The number of aromatic nitrogens is 2. The first-order valence-electron chi connectivity index (χ1n) is 8.22. The summed E-state index contributed by atoms with van der Waals surface area (Å²) in [5.74, 6) is 1.67. The van der Waals surface area contributed by atoms with Gasteiger partial charge in [-0.3, -0.25) is 0 Å². The first-order valence-corrected chi connectivity index (χ1v) is 8.22. The van der Waals surface area contributed by atoms with E-state index in [0.29, 0.717) is 12.0 Å². The molecule has 1 atom stereocenters. The van der Waals surface area contributed by atoms with Crippen LogP contribution in [0.15, 0.2) is 12.4 Å². The van der Waals surface area contributed by atoms with Gasteiger partial charge in [0.25, 0.3) is 0 Å². The third-order valence-electron chi connectivity index (χ3n) is 4.61. The molecule has 2 saturated heterocycles. The predicted molar refractivity (Wildman–Crippen MR) is 81.5 cm³/mol. The van der Waals surface area contributed by atoms with Crippen molar-refractivity contribution in [3.8, 4) is 0 Å². The van der Waals surface area contributed by atoms with E-state index < -0.39 is 0 Å². The van der Waals surface area contributed by atoms with Crippen molar-refractivity contribution in [3.05, 3.63) is 18.2 Å². The van der Waals surface area contributed by atoms with Crippen molar-refractivity contribution in [3.63, 3.8) is 0 Å². The second-order valence-corrected chi connectivity index (χ2v) is 6.27. The van der Waals surface area contributed by atoms with Crippen LogP contribution in [0.5, 0.6) is 0 Å². The highest BCUT2D eigenvalue weighted by atomic mass is 16.5. The number of ether oxygens (including phenoxy) is 2. The fourth-order valence-electron chi connectivity index (χ4n) is 3.24. The predicted octanol–water partition coefficient (Wildman–Crippen LogP) is 1.89. The van der Waals surface area contributed by atoms with E-state index >= 15 is 0 Å². The van der Waals surface area contributed by atoms with Crippen LogP contribution < -0.4 is 0 Å². The van der Waals surface area contributed by atoms with Gasteiger partial charge < -0.3 is 18.9 Å². The van der Waals surface area contributed by atoms with E-state index in [1.54, 1.807) is 0 Å². The Morgan fingerprint density at radius 3 is 2.95 bits per heavy atom. The van der Waals surface area contributed by atoms with Crippen molar-refractivity contribution >= 4 is 0 Å². The second-order valence-electron chi connectivity index (χ2n) is 6.27. The summed E-state index contributed by atoms with van der Waals surface area (Å²) in [7, 11) is 2.18. The van der Waals surface area contributed by atoms with Crippen molar-refractivity contribution in [1.29, 1.82) is 0 Å². The van der Waals surface area contributed by atoms with Gasteiger partial charge >= 0.3 is 0 Å². The van der Waals surface area contributed by atoms with Crippen molar-refractivity contribution in [2.24, 2.45) is 0 Å². The highest BCUT2D eigenvalue weighted by molar-refractivity contribution is 5.02. The van der Waals surface area contributed by atoms with Gasteiger partial charge in [-0.2, -0.15) is 0 Å². The molecule has 2 fully saturated rings. The number of nitrogens with zero attached hydrogens (tertiary/aromatic N) is 3. The minimum absolute atomic E-state index is 0.465. The molecule has 1 aromatic heterocycles. The Hall–Kier alpha value is -0.910. The van der Waals surface area contributed by atoms with Gasteiger partial charge in [-0.05, 0) is 32.7 Å². The molecule has 118 valence electrons. The zero-order chi connectivity index (χ0) is 14.5. The van der Waals surface area contributed by atoms with Gasteiger partial charge in [0.05, 0.1) is 12.7 Å². The third-order valence-corrected chi connectivity index (χ3v) is 4.61.